The van der Waals surface area contributed by atoms with Crippen LogP contribution in [0.25, 0.3) is 0 Å². The maximum atomic E-state index is 13.2. The van der Waals surface area contributed by atoms with Crippen LogP contribution in [0.2, 0.25) is 0 Å². The predicted octanol–water partition coefficient (Wildman–Crippen LogP) is 3.33. The summed E-state index contributed by atoms with van der Waals surface area (Å²) < 4.78 is 5.50. The lowest BCUT2D eigenvalue weighted by Gasteiger charge is -2.37. The first-order valence-electron chi connectivity index (χ1n) is 10.5. The van der Waals surface area contributed by atoms with E-state index < -0.39 is 11.5 Å². The molecular formula is C24H30N2O4. The highest BCUT2D eigenvalue weighted by molar-refractivity contribution is 5.88. The Morgan fingerprint density at radius 2 is 1.73 bits per heavy atom. The van der Waals surface area contributed by atoms with Crippen molar-refractivity contribution in [2.75, 3.05) is 19.8 Å². The first kappa shape index (κ1) is 22.0. The fourth-order valence-electron chi connectivity index (χ4n) is 3.80. The molecule has 30 heavy (non-hydrogen) atoms. The Morgan fingerprint density at radius 3 is 2.37 bits per heavy atom. The molecule has 1 fully saturated rings. The van der Waals surface area contributed by atoms with Gasteiger partial charge in [0.25, 0.3) is 0 Å². The van der Waals surface area contributed by atoms with Crippen molar-refractivity contribution >= 4 is 11.9 Å². The SMILES string of the molecule is CC(NC(=O)C1(NCCCc2ccccc2)CCOCC1)c1ccc(C(=O)O)cc1. The largest absolute Gasteiger partial charge is 0.478 e. The Morgan fingerprint density at radius 1 is 1.07 bits per heavy atom. The van der Waals surface area contributed by atoms with Crippen LogP contribution in [0.1, 0.15) is 53.7 Å². The summed E-state index contributed by atoms with van der Waals surface area (Å²) in [6, 6.07) is 16.7. The molecule has 1 saturated heterocycles. The maximum absolute atomic E-state index is 13.2. The Labute approximate surface area is 177 Å². The van der Waals surface area contributed by atoms with E-state index in [0.29, 0.717) is 26.1 Å². The second-order valence-electron chi connectivity index (χ2n) is 7.83. The molecule has 2 aromatic rings. The number of carboxylic acids is 1. The van der Waals surface area contributed by atoms with Gasteiger partial charge in [-0.15, -0.1) is 0 Å². The number of ether oxygens (including phenoxy) is 1. The molecule has 0 radical (unpaired) electrons. The zero-order valence-corrected chi connectivity index (χ0v) is 17.4. The Hall–Kier alpha value is -2.70. The highest BCUT2D eigenvalue weighted by Gasteiger charge is 2.39. The fourth-order valence-corrected chi connectivity index (χ4v) is 3.80. The van der Waals surface area contributed by atoms with Crippen molar-refractivity contribution in [1.29, 1.82) is 0 Å². The minimum atomic E-state index is -0.959. The number of amides is 1. The molecule has 0 bridgehead atoms. The van der Waals surface area contributed by atoms with E-state index in [1.807, 2.05) is 25.1 Å². The molecule has 1 aliphatic rings. The van der Waals surface area contributed by atoms with E-state index in [2.05, 4.69) is 22.8 Å². The highest BCUT2D eigenvalue weighted by atomic mass is 16.5. The molecule has 6 heteroatoms. The van der Waals surface area contributed by atoms with Crippen LogP contribution in [0.4, 0.5) is 0 Å². The standard InChI is InChI=1S/C24H30N2O4/c1-18(20-9-11-21(12-10-20)22(27)28)26-23(29)24(13-16-30-17-14-24)25-15-5-8-19-6-3-2-4-7-19/h2-4,6-7,9-12,18,25H,5,8,13-17H2,1H3,(H,26,29)(H,27,28). The normalized spacial score (nSPS) is 16.6. The molecule has 0 aromatic heterocycles. The number of nitrogens with one attached hydrogen (secondary N) is 2. The highest BCUT2D eigenvalue weighted by Crippen LogP contribution is 2.23. The van der Waals surface area contributed by atoms with E-state index in [-0.39, 0.29) is 17.5 Å². The topological polar surface area (TPSA) is 87.7 Å². The molecule has 1 aliphatic heterocycles. The summed E-state index contributed by atoms with van der Waals surface area (Å²) in [6.45, 7) is 3.78. The van der Waals surface area contributed by atoms with Crippen LogP contribution >= 0.6 is 0 Å². The molecule has 1 unspecified atom stereocenters. The zero-order chi connectivity index (χ0) is 21.4. The van der Waals surface area contributed by atoms with E-state index in [0.717, 1.165) is 24.9 Å². The van der Waals surface area contributed by atoms with Gasteiger partial charge < -0.3 is 20.5 Å². The molecule has 1 heterocycles. The van der Waals surface area contributed by atoms with E-state index in [1.165, 1.54) is 5.56 Å². The fraction of sp³-hybridized carbons (Fsp3) is 0.417. The number of carbonyl (C=O) groups excluding carboxylic acids is 1. The Balaban J connectivity index is 1.59. The molecule has 6 nitrogen and oxygen atoms in total. The molecule has 2 aromatic carbocycles. The van der Waals surface area contributed by atoms with Gasteiger partial charge in [0.2, 0.25) is 5.91 Å². The average Bonchev–Trinajstić information content (AvgIpc) is 2.78. The van der Waals surface area contributed by atoms with Crippen molar-refractivity contribution in [2.24, 2.45) is 0 Å². The second-order valence-corrected chi connectivity index (χ2v) is 7.83. The number of rotatable bonds is 9. The van der Waals surface area contributed by atoms with Crippen molar-refractivity contribution in [3.8, 4) is 0 Å². The van der Waals surface area contributed by atoms with Gasteiger partial charge in [0.05, 0.1) is 11.6 Å². The molecule has 0 saturated carbocycles. The molecule has 3 rings (SSSR count). The van der Waals surface area contributed by atoms with Crippen LogP contribution in [0, 0.1) is 0 Å². The molecule has 1 atom stereocenters. The van der Waals surface area contributed by atoms with Crippen LogP contribution in [0.5, 0.6) is 0 Å². The summed E-state index contributed by atoms with van der Waals surface area (Å²) in [6.07, 6.45) is 3.18. The van der Waals surface area contributed by atoms with E-state index >= 15 is 0 Å². The predicted molar refractivity (Wildman–Crippen MR) is 116 cm³/mol. The van der Waals surface area contributed by atoms with Crippen LogP contribution in [-0.2, 0) is 16.0 Å². The summed E-state index contributed by atoms with van der Waals surface area (Å²) >= 11 is 0. The molecule has 1 amide bonds. The van der Waals surface area contributed by atoms with Gasteiger partial charge in [-0.1, -0.05) is 42.5 Å². The smallest absolute Gasteiger partial charge is 0.335 e. The quantitative estimate of drug-likeness (QED) is 0.552. The van der Waals surface area contributed by atoms with Gasteiger partial charge in [0, 0.05) is 13.2 Å². The second kappa shape index (κ2) is 10.4. The summed E-state index contributed by atoms with van der Waals surface area (Å²) in [7, 11) is 0. The number of carboxylic acid groups (broad SMARTS) is 1. The van der Waals surface area contributed by atoms with Crippen LogP contribution in [0.3, 0.4) is 0 Å². The van der Waals surface area contributed by atoms with Crippen molar-refractivity contribution < 1.29 is 19.4 Å². The van der Waals surface area contributed by atoms with Gasteiger partial charge in [-0.2, -0.15) is 0 Å². The number of hydrogen-bond donors (Lipinski definition) is 3. The van der Waals surface area contributed by atoms with Crippen molar-refractivity contribution in [3.63, 3.8) is 0 Å². The van der Waals surface area contributed by atoms with Gasteiger partial charge in [-0.25, -0.2) is 4.79 Å². The van der Waals surface area contributed by atoms with Crippen molar-refractivity contribution in [2.45, 2.75) is 44.2 Å². The summed E-state index contributed by atoms with van der Waals surface area (Å²) in [5.74, 6) is -0.987. The lowest BCUT2D eigenvalue weighted by molar-refractivity contribution is -0.132. The van der Waals surface area contributed by atoms with E-state index in [9.17, 15) is 9.59 Å². The third-order valence-corrected chi connectivity index (χ3v) is 5.73. The number of aromatic carboxylic acids is 1. The van der Waals surface area contributed by atoms with Crippen molar-refractivity contribution in [1.82, 2.24) is 10.6 Å². The zero-order valence-electron chi connectivity index (χ0n) is 17.4. The van der Waals surface area contributed by atoms with Crippen LogP contribution in [0.15, 0.2) is 54.6 Å². The first-order valence-corrected chi connectivity index (χ1v) is 10.5. The third kappa shape index (κ3) is 5.68. The van der Waals surface area contributed by atoms with Gasteiger partial charge >= 0.3 is 5.97 Å². The number of hydrogen-bond acceptors (Lipinski definition) is 4. The van der Waals surface area contributed by atoms with Gasteiger partial charge in [0.1, 0.15) is 5.54 Å². The minimum absolute atomic E-state index is 0.0275. The van der Waals surface area contributed by atoms with Crippen LogP contribution < -0.4 is 10.6 Å². The lowest BCUT2D eigenvalue weighted by atomic mass is 9.88. The van der Waals surface area contributed by atoms with E-state index in [1.54, 1.807) is 24.3 Å². The lowest BCUT2D eigenvalue weighted by Crippen LogP contribution is -2.60. The first-order chi connectivity index (χ1) is 14.5. The summed E-state index contributed by atoms with van der Waals surface area (Å²) in [4.78, 5) is 24.3. The monoisotopic (exact) mass is 410 g/mol. The third-order valence-electron chi connectivity index (χ3n) is 5.73. The Bertz CT molecular complexity index is 830. The summed E-state index contributed by atoms with van der Waals surface area (Å²) in [5.41, 5.74) is 1.77. The Kier molecular flexibility index (Phi) is 7.60. The van der Waals surface area contributed by atoms with Crippen molar-refractivity contribution in [3.05, 3.63) is 71.3 Å². The van der Waals surface area contributed by atoms with Gasteiger partial charge in [-0.05, 0) is 62.4 Å². The van der Waals surface area contributed by atoms with E-state index in [4.69, 9.17) is 9.84 Å². The molecule has 3 N–H and O–H groups in total. The molecule has 0 aliphatic carbocycles. The average molecular weight is 411 g/mol. The molecule has 160 valence electrons. The number of benzene rings is 2. The minimum Gasteiger partial charge on any atom is -0.478 e. The van der Waals surface area contributed by atoms with Crippen LogP contribution in [-0.4, -0.2) is 42.3 Å². The van der Waals surface area contributed by atoms with Gasteiger partial charge in [-0.3, -0.25) is 4.79 Å². The van der Waals surface area contributed by atoms with Gasteiger partial charge in [0.15, 0.2) is 0 Å². The number of carbonyl (C=O) groups is 2. The maximum Gasteiger partial charge on any atom is 0.335 e. The number of aryl methyl sites for hydroxylation is 1. The summed E-state index contributed by atoms with van der Waals surface area (Å²) in [5, 5.41) is 15.7. The molecular weight excluding hydrogens is 380 g/mol. The molecule has 0 spiro atoms.